The number of carbonyl (C=O) groups excluding carboxylic acids is 1. The van der Waals surface area contributed by atoms with Crippen molar-refractivity contribution in [3.8, 4) is 0 Å². The molecule has 6 heteroatoms. The quantitative estimate of drug-likeness (QED) is 0.720. The number of imidazole rings is 1. The summed E-state index contributed by atoms with van der Waals surface area (Å²) in [6, 6.07) is 11.4. The van der Waals surface area contributed by atoms with E-state index in [4.69, 9.17) is 0 Å². The fourth-order valence-electron chi connectivity index (χ4n) is 2.49. The van der Waals surface area contributed by atoms with E-state index in [9.17, 15) is 4.79 Å². The van der Waals surface area contributed by atoms with Gasteiger partial charge in [-0.05, 0) is 49.6 Å². The standard InChI is InChI=1S/C18H20N4OS/c1-12-7-8-13(11-19-12)18(23)22-16(9-10-24-2)17-20-14-5-3-4-6-15(14)21-17/h3-8,11,16H,9-10H2,1-2H3,(H,20,21)(H,22,23)/t16-/m0/s1. The Hall–Kier alpha value is -2.34. The van der Waals surface area contributed by atoms with Gasteiger partial charge in [0.1, 0.15) is 5.82 Å². The monoisotopic (exact) mass is 340 g/mol. The number of pyridine rings is 1. The molecule has 0 bridgehead atoms. The highest BCUT2D eigenvalue weighted by Crippen LogP contribution is 2.20. The Morgan fingerprint density at radius 3 is 2.83 bits per heavy atom. The lowest BCUT2D eigenvalue weighted by Crippen LogP contribution is -2.29. The molecule has 1 amide bonds. The molecule has 1 atom stereocenters. The molecule has 5 nitrogen and oxygen atoms in total. The van der Waals surface area contributed by atoms with Crippen LogP contribution in [0.2, 0.25) is 0 Å². The second-order valence-corrected chi connectivity index (χ2v) is 6.62. The van der Waals surface area contributed by atoms with E-state index >= 15 is 0 Å². The molecule has 24 heavy (non-hydrogen) atoms. The number of nitrogens with zero attached hydrogens (tertiary/aromatic N) is 2. The van der Waals surface area contributed by atoms with Gasteiger partial charge in [0.2, 0.25) is 0 Å². The number of para-hydroxylation sites is 2. The number of nitrogens with one attached hydrogen (secondary N) is 2. The number of fused-ring (bicyclic) bond motifs is 1. The molecular weight excluding hydrogens is 320 g/mol. The number of carbonyl (C=O) groups is 1. The molecule has 0 unspecified atom stereocenters. The van der Waals surface area contributed by atoms with Gasteiger partial charge >= 0.3 is 0 Å². The van der Waals surface area contributed by atoms with Gasteiger partial charge in [-0.3, -0.25) is 9.78 Å². The topological polar surface area (TPSA) is 70.7 Å². The minimum Gasteiger partial charge on any atom is -0.342 e. The van der Waals surface area contributed by atoms with Crippen molar-refractivity contribution in [3.63, 3.8) is 0 Å². The van der Waals surface area contributed by atoms with Crippen molar-refractivity contribution in [1.82, 2.24) is 20.3 Å². The highest BCUT2D eigenvalue weighted by Gasteiger charge is 2.19. The average molecular weight is 340 g/mol. The van der Waals surface area contributed by atoms with Crippen LogP contribution in [-0.4, -0.2) is 32.9 Å². The Morgan fingerprint density at radius 2 is 2.12 bits per heavy atom. The summed E-state index contributed by atoms with van der Waals surface area (Å²) in [5.41, 5.74) is 3.34. The third kappa shape index (κ3) is 3.76. The minimum atomic E-state index is -0.154. The van der Waals surface area contributed by atoms with Gasteiger partial charge in [-0.1, -0.05) is 12.1 Å². The van der Waals surface area contributed by atoms with E-state index in [1.54, 1.807) is 24.0 Å². The zero-order valence-electron chi connectivity index (χ0n) is 13.7. The van der Waals surface area contributed by atoms with Crippen LogP contribution in [-0.2, 0) is 0 Å². The number of hydrogen-bond acceptors (Lipinski definition) is 4. The van der Waals surface area contributed by atoms with Crippen molar-refractivity contribution in [2.75, 3.05) is 12.0 Å². The summed E-state index contributed by atoms with van der Waals surface area (Å²) in [6.07, 6.45) is 4.47. The third-order valence-electron chi connectivity index (χ3n) is 3.83. The Morgan fingerprint density at radius 1 is 1.29 bits per heavy atom. The predicted molar refractivity (Wildman–Crippen MR) is 98.3 cm³/mol. The zero-order chi connectivity index (χ0) is 16.9. The Balaban J connectivity index is 1.83. The van der Waals surface area contributed by atoms with Gasteiger partial charge in [-0.25, -0.2) is 4.98 Å². The number of H-pyrrole nitrogens is 1. The molecule has 0 aliphatic heterocycles. The molecule has 1 aromatic carbocycles. The van der Waals surface area contributed by atoms with Crippen molar-refractivity contribution in [1.29, 1.82) is 0 Å². The van der Waals surface area contributed by atoms with E-state index in [0.29, 0.717) is 5.56 Å². The molecular formula is C18H20N4OS. The van der Waals surface area contributed by atoms with Crippen LogP contribution in [0.5, 0.6) is 0 Å². The van der Waals surface area contributed by atoms with E-state index < -0.39 is 0 Å². The smallest absolute Gasteiger partial charge is 0.253 e. The number of rotatable bonds is 6. The van der Waals surface area contributed by atoms with Gasteiger partial charge < -0.3 is 10.3 Å². The molecule has 2 N–H and O–H groups in total. The third-order valence-corrected chi connectivity index (χ3v) is 4.47. The van der Waals surface area contributed by atoms with E-state index in [-0.39, 0.29) is 11.9 Å². The number of aromatic nitrogens is 3. The number of amides is 1. The molecule has 0 saturated carbocycles. The first-order valence-electron chi connectivity index (χ1n) is 7.84. The lowest BCUT2D eigenvalue weighted by molar-refractivity contribution is 0.0934. The summed E-state index contributed by atoms with van der Waals surface area (Å²) in [5, 5.41) is 3.08. The van der Waals surface area contributed by atoms with Crippen LogP contribution in [0.25, 0.3) is 11.0 Å². The first-order chi connectivity index (χ1) is 11.7. The highest BCUT2D eigenvalue weighted by atomic mass is 32.2. The maximum atomic E-state index is 12.5. The molecule has 124 valence electrons. The molecule has 0 spiro atoms. The van der Waals surface area contributed by atoms with Crippen molar-refractivity contribution < 1.29 is 4.79 Å². The zero-order valence-corrected chi connectivity index (χ0v) is 14.6. The van der Waals surface area contributed by atoms with Crippen LogP contribution in [0, 0.1) is 6.92 Å². The summed E-state index contributed by atoms with van der Waals surface area (Å²) in [6.45, 7) is 1.90. The summed E-state index contributed by atoms with van der Waals surface area (Å²) in [5.74, 6) is 1.60. The van der Waals surface area contributed by atoms with E-state index in [1.807, 2.05) is 37.3 Å². The van der Waals surface area contributed by atoms with Crippen molar-refractivity contribution in [2.24, 2.45) is 0 Å². The van der Waals surface area contributed by atoms with E-state index in [0.717, 1.165) is 34.7 Å². The summed E-state index contributed by atoms with van der Waals surface area (Å²) < 4.78 is 0. The van der Waals surface area contributed by atoms with Crippen LogP contribution in [0.15, 0.2) is 42.6 Å². The van der Waals surface area contributed by atoms with Gasteiger partial charge in [0.05, 0.1) is 22.6 Å². The summed E-state index contributed by atoms with van der Waals surface area (Å²) >= 11 is 1.75. The van der Waals surface area contributed by atoms with Crippen molar-refractivity contribution >= 4 is 28.7 Å². The second-order valence-electron chi connectivity index (χ2n) is 5.63. The molecule has 0 saturated heterocycles. The minimum absolute atomic E-state index is 0.131. The maximum Gasteiger partial charge on any atom is 0.253 e. The summed E-state index contributed by atoms with van der Waals surface area (Å²) in [7, 11) is 0. The van der Waals surface area contributed by atoms with Gasteiger partial charge in [0.15, 0.2) is 0 Å². The molecule has 2 heterocycles. The Kier molecular flexibility index (Phi) is 5.15. The van der Waals surface area contributed by atoms with Crippen LogP contribution >= 0.6 is 11.8 Å². The van der Waals surface area contributed by atoms with Gasteiger partial charge in [-0.2, -0.15) is 11.8 Å². The largest absolute Gasteiger partial charge is 0.342 e. The van der Waals surface area contributed by atoms with Crippen LogP contribution in [0.1, 0.15) is 34.3 Å². The van der Waals surface area contributed by atoms with Gasteiger partial charge in [0.25, 0.3) is 5.91 Å². The Bertz CT molecular complexity index is 795. The van der Waals surface area contributed by atoms with Gasteiger partial charge in [0, 0.05) is 11.9 Å². The van der Waals surface area contributed by atoms with Crippen LogP contribution < -0.4 is 5.32 Å². The number of benzene rings is 1. The lowest BCUT2D eigenvalue weighted by atomic mass is 10.2. The van der Waals surface area contributed by atoms with Crippen molar-refractivity contribution in [2.45, 2.75) is 19.4 Å². The van der Waals surface area contributed by atoms with E-state index in [2.05, 4.69) is 26.5 Å². The second kappa shape index (κ2) is 7.49. The summed E-state index contributed by atoms with van der Waals surface area (Å²) in [4.78, 5) is 24.7. The highest BCUT2D eigenvalue weighted by molar-refractivity contribution is 7.98. The molecule has 0 radical (unpaired) electrons. The first kappa shape index (κ1) is 16.5. The molecule has 0 aliphatic rings. The number of aryl methyl sites for hydroxylation is 1. The number of aromatic amines is 1. The first-order valence-corrected chi connectivity index (χ1v) is 9.24. The van der Waals surface area contributed by atoms with Gasteiger partial charge in [-0.15, -0.1) is 0 Å². The van der Waals surface area contributed by atoms with E-state index in [1.165, 1.54) is 0 Å². The SMILES string of the molecule is CSCC[C@H](NC(=O)c1ccc(C)nc1)c1nc2ccccc2[nH]1. The Labute approximate surface area is 145 Å². The molecule has 0 fully saturated rings. The maximum absolute atomic E-state index is 12.5. The molecule has 3 rings (SSSR count). The lowest BCUT2D eigenvalue weighted by Gasteiger charge is -2.16. The normalized spacial score (nSPS) is 12.2. The number of thioether (sulfide) groups is 1. The predicted octanol–water partition coefficient (Wildman–Crippen LogP) is 3.49. The number of hydrogen-bond donors (Lipinski definition) is 2. The van der Waals surface area contributed by atoms with Crippen LogP contribution in [0.3, 0.4) is 0 Å². The molecule has 3 aromatic rings. The fraction of sp³-hybridized carbons (Fsp3) is 0.278. The average Bonchev–Trinajstić information content (AvgIpc) is 3.03. The van der Waals surface area contributed by atoms with Crippen LogP contribution in [0.4, 0.5) is 0 Å². The molecule has 2 aromatic heterocycles. The van der Waals surface area contributed by atoms with Crippen molar-refractivity contribution in [3.05, 3.63) is 59.7 Å². The fourth-order valence-corrected chi connectivity index (χ4v) is 2.97. The molecule has 0 aliphatic carbocycles.